The maximum absolute atomic E-state index is 11.8. The molecule has 21 heavy (non-hydrogen) atoms. The van der Waals surface area contributed by atoms with E-state index in [1.807, 2.05) is 0 Å². The van der Waals surface area contributed by atoms with E-state index >= 15 is 0 Å². The van der Waals surface area contributed by atoms with Crippen LogP contribution in [-0.2, 0) is 4.79 Å². The van der Waals surface area contributed by atoms with Gasteiger partial charge < -0.3 is 10.6 Å². The Hall–Kier alpha value is -1.42. The number of hydrogen-bond acceptors (Lipinski definition) is 2. The lowest BCUT2D eigenvalue weighted by Crippen LogP contribution is -2.16. The van der Waals surface area contributed by atoms with Gasteiger partial charge in [0.25, 0.3) is 0 Å². The van der Waals surface area contributed by atoms with Gasteiger partial charge in [0.1, 0.15) is 0 Å². The predicted molar refractivity (Wildman–Crippen MR) is 89.7 cm³/mol. The summed E-state index contributed by atoms with van der Waals surface area (Å²) >= 11 is 17.8. The normalized spacial score (nSPS) is 10.2. The molecule has 0 radical (unpaired) electrons. The Labute approximate surface area is 138 Å². The Balaban J connectivity index is 1.83. The lowest BCUT2D eigenvalue weighted by Gasteiger charge is -2.09. The van der Waals surface area contributed by atoms with Crippen molar-refractivity contribution in [2.24, 2.45) is 0 Å². The summed E-state index contributed by atoms with van der Waals surface area (Å²) in [5, 5.41) is 7.58. The molecular weight excluding hydrogens is 331 g/mol. The van der Waals surface area contributed by atoms with Crippen molar-refractivity contribution in [3.05, 3.63) is 57.5 Å². The van der Waals surface area contributed by atoms with Crippen LogP contribution in [0.15, 0.2) is 42.5 Å². The first-order valence-electron chi connectivity index (χ1n) is 6.29. The average Bonchev–Trinajstić information content (AvgIpc) is 2.42. The van der Waals surface area contributed by atoms with E-state index in [1.165, 1.54) is 0 Å². The molecule has 0 aliphatic heterocycles. The standard InChI is InChI=1S/C15H13Cl3N2O/c16-10-2-1-3-12(8-10)20-15(21)6-7-19-14-9-11(17)4-5-13(14)18/h1-5,8-9,19H,6-7H2,(H,20,21). The molecule has 0 spiro atoms. The van der Waals surface area contributed by atoms with Crippen molar-refractivity contribution in [2.75, 3.05) is 17.2 Å². The van der Waals surface area contributed by atoms with Crippen molar-refractivity contribution in [2.45, 2.75) is 6.42 Å². The lowest BCUT2D eigenvalue weighted by molar-refractivity contribution is -0.115. The molecule has 0 aromatic heterocycles. The molecule has 0 atom stereocenters. The first-order valence-corrected chi connectivity index (χ1v) is 7.42. The van der Waals surface area contributed by atoms with Gasteiger partial charge in [0, 0.05) is 28.7 Å². The topological polar surface area (TPSA) is 41.1 Å². The Morgan fingerprint density at radius 1 is 1.00 bits per heavy atom. The summed E-state index contributed by atoms with van der Waals surface area (Å²) < 4.78 is 0. The zero-order chi connectivity index (χ0) is 15.2. The molecule has 0 bridgehead atoms. The van der Waals surface area contributed by atoms with E-state index in [4.69, 9.17) is 34.8 Å². The minimum atomic E-state index is -0.108. The first-order chi connectivity index (χ1) is 10.0. The second-order valence-electron chi connectivity index (χ2n) is 4.36. The van der Waals surface area contributed by atoms with Crippen LogP contribution < -0.4 is 10.6 Å². The van der Waals surface area contributed by atoms with Crippen molar-refractivity contribution in [1.82, 2.24) is 0 Å². The molecule has 2 N–H and O–H groups in total. The number of carbonyl (C=O) groups excluding carboxylic acids is 1. The molecule has 2 rings (SSSR count). The third kappa shape index (κ3) is 5.12. The van der Waals surface area contributed by atoms with Gasteiger partial charge in [-0.2, -0.15) is 0 Å². The molecule has 110 valence electrons. The van der Waals surface area contributed by atoms with Crippen molar-refractivity contribution >= 4 is 52.1 Å². The van der Waals surface area contributed by atoms with Crippen molar-refractivity contribution in [1.29, 1.82) is 0 Å². The van der Waals surface area contributed by atoms with Crippen LogP contribution in [0, 0.1) is 0 Å². The van der Waals surface area contributed by atoms with E-state index in [0.29, 0.717) is 39.4 Å². The predicted octanol–water partition coefficient (Wildman–Crippen LogP) is 5.09. The molecule has 0 saturated carbocycles. The molecule has 0 fully saturated rings. The van der Waals surface area contributed by atoms with Gasteiger partial charge in [-0.1, -0.05) is 40.9 Å². The fourth-order valence-corrected chi connectivity index (χ4v) is 2.28. The van der Waals surface area contributed by atoms with Crippen LogP contribution in [0.2, 0.25) is 15.1 Å². The van der Waals surface area contributed by atoms with Crippen LogP contribution >= 0.6 is 34.8 Å². The zero-order valence-corrected chi connectivity index (χ0v) is 13.3. The maximum atomic E-state index is 11.8. The summed E-state index contributed by atoms with van der Waals surface area (Å²) in [6.07, 6.45) is 0.301. The molecule has 0 heterocycles. The number of hydrogen-bond donors (Lipinski definition) is 2. The van der Waals surface area contributed by atoms with Gasteiger partial charge in [0.15, 0.2) is 0 Å². The maximum Gasteiger partial charge on any atom is 0.226 e. The van der Waals surface area contributed by atoms with Crippen LogP contribution in [0.3, 0.4) is 0 Å². The highest BCUT2D eigenvalue weighted by Crippen LogP contribution is 2.25. The molecule has 1 amide bonds. The van der Waals surface area contributed by atoms with Gasteiger partial charge in [-0.3, -0.25) is 4.79 Å². The highest BCUT2D eigenvalue weighted by molar-refractivity contribution is 6.35. The second-order valence-corrected chi connectivity index (χ2v) is 5.64. The van der Waals surface area contributed by atoms with Crippen LogP contribution in [-0.4, -0.2) is 12.5 Å². The lowest BCUT2D eigenvalue weighted by atomic mass is 10.3. The van der Waals surface area contributed by atoms with Crippen LogP contribution in [0.5, 0.6) is 0 Å². The number of carbonyl (C=O) groups is 1. The molecular formula is C15H13Cl3N2O. The van der Waals surface area contributed by atoms with Gasteiger partial charge in [0.05, 0.1) is 10.7 Å². The first kappa shape index (κ1) is 16.0. The summed E-state index contributed by atoms with van der Waals surface area (Å²) in [5.41, 5.74) is 1.38. The quantitative estimate of drug-likeness (QED) is 0.794. The van der Waals surface area contributed by atoms with Crippen molar-refractivity contribution < 1.29 is 4.79 Å². The summed E-state index contributed by atoms with van der Waals surface area (Å²) in [6.45, 7) is 0.451. The molecule has 6 heteroatoms. The van der Waals surface area contributed by atoms with Gasteiger partial charge in [-0.25, -0.2) is 0 Å². The van der Waals surface area contributed by atoms with Crippen LogP contribution in [0.4, 0.5) is 11.4 Å². The summed E-state index contributed by atoms with van der Waals surface area (Å²) in [5.74, 6) is -0.108. The van der Waals surface area contributed by atoms with E-state index in [1.54, 1.807) is 42.5 Å². The van der Waals surface area contributed by atoms with E-state index in [9.17, 15) is 4.79 Å². The van der Waals surface area contributed by atoms with E-state index in [-0.39, 0.29) is 5.91 Å². The third-order valence-corrected chi connectivity index (χ3v) is 3.50. The Morgan fingerprint density at radius 3 is 2.52 bits per heavy atom. The SMILES string of the molecule is O=C(CCNc1cc(Cl)ccc1Cl)Nc1cccc(Cl)c1. The van der Waals surface area contributed by atoms with Crippen LogP contribution in [0.25, 0.3) is 0 Å². The number of halogens is 3. The Kier molecular flexibility index (Phi) is 5.74. The minimum absolute atomic E-state index is 0.108. The summed E-state index contributed by atoms with van der Waals surface area (Å²) in [7, 11) is 0. The highest BCUT2D eigenvalue weighted by Gasteiger charge is 2.04. The minimum Gasteiger partial charge on any atom is -0.383 e. The average molecular weight is 344 g/mol. The number of rotatable bonds is 5. The molecule has 0 unspecified atom stereocenters. The molecule has 3 nitrogen and oxygen atoms in total. The molecule has 2 aromatic carbocycles. The third-order valence-electron chi connectivity index (χ3n) is 2.70. The zero-order valence-electron chi connectivity index (χ0n) is 11.0. The van der Waals surface area contributed by atoms with Gasteiger partial charge >= 0.3 is 0 Å². The largest absolute Gasteiger partial charge is 0.383 e. The van der Waals surface area contributed by atoms with Crippen molar-refractivity contribution in [3.63, 3.8) is 0 Å². The second kappa shape index (κ2) is 7.55. The smallest absolute Gasteiger partial charge is 0.226 e. The van der Waals surface area contributed by atoms with Gasteiger partial charge in [-0.05, 0) is 36.4 Å². The highest BCUT2D eigenvalue weighted by atomic mass is 35.5. The molecule has 0 aliphatic carbocycles. The van der Waals surface area contributed by atoms with Gasteiger partial charge in [0.2, 0.25) is 5.91 Å². The fraction of sp³-hybridized carbons (Fsp3) is 0.133. The molecule has 2 aromatic rings. The monoisotopic (exact) mass is 342 g/mol. The fourth-order valence-electron chi connectivity index (χ4n) is 1.73. The summed E-state index contributed by atoms with van der Waals surface area (Å²) in [6, 6.07) is 12.1. The Morgan fingerprint density at radius 2 is 1.76 bits per heavy atom. The van der Waals surface area contributed by atoms with E-state index in [2.05, 4.69) is 10.6 Å². The van der Waals surface area contributed by atoms with Crippen molar-refractivity contribution in [3.8, 4) is 0 Å². The molecule has 0 saturated heterocycles. The van der Waals surface area contributed by atoms with E-state index < -0.39 is 0 Å². The van der Waals surface area contributed by atoms with Gasteiger partial charge in [-0.15, -0.1) is 0 Å². The number of anilines is 2. The molecule has 0 aliphatic rings. The van der Waals surface area contributed by atoms with Crippen LogP contribution in [0.1, 0.15) is 6.42 Å². The van der Waals surface area contributed by atoms with E-state index in [0.717, 1.165) is 0 Å². The number of nitrogens with one attached hydrogen (secondary N) is 2. The number of benzene rings is 2. The number of amides is 1. The Bertz CT molecular complexity index is 647. The summed E-state index contributed by atoms with van der Waals surface area (Å²) in [4.78, 5) is 11.8.